The SMILES string of the molecule is CCCNC(=O)CC1SC(=NC23CC4CC(CC(C4)C2)C3)NC1=O. The Labute approximate surface area is 147 Å². The summed E-state index contributed by atoms with van der Waals surface area (Å²) in [4.78, 5) is 29.1. The van der Waals surface area contributed by atoms with E-state index >= 15 is 0 Å². The highest BCUT2D eigenvalue weighted by Gasteiger charge is 2.51. The third-order valence-electron chi connectivity index (χ3n) is 6.06. The summed E-state index contributed by atoms with van der Waals surface area (Å²) in [6, 6.07) is 0. The monoisotopic (exact) mass is 349 g/mol. The molecule has 2 N–H and O–H groups in total. The van der Waals surface area contributed by atoms with Crippen molar-refractivity contribution in [1.82, 2.24) is 10.6 Å². The summed E-state index contributed by atoms with van der Waals surface area (Å²) >= 11 is 1.46. The van der Waals surface area contributed by atoms with Crippen LogP contribution in [0.3, 0.4) is 0 Å². The van der Waals surface area contributed by atoms with Gasteiger partial charge in [0.2, 0.25) is 11.8 Å². The number of carbonyl (C=O) groups excluding carboxylic acids is 2. The van der Waals surface area contributed by atoms with Crippen LogP contribution in [-0.4, -0.2) is 34.3 Å². The van der Waals surface area contributed by atoms with Crippen LogP contribution in [0.4, 0.5) is 0 Å². The molecule has 6 heteroatoms. The van der Waals surface area contributed by atoms with E-state index in [1.54, 1.807) is 0 Å². The Balaban J connectivity index is 1.41. The van der Waals surface area contributed by atoms with Gasteiger partial charge >= 0.3 is 0 Å². The number of thioether (sulfide) groups is 1. The predicted molar refractivity (Wildman–Crippen MR) is 95.8 cm³/mol. The summed E-state index contributed by atoms with van der Waals surface area (Å²) in [5, 5.41) is 6.22. The fourth-order valence-electron chi connectivity index (χ4n) is 5.51. The van der Waals surface area contributed by atoms with E-state index in [1.807, 2.05) is 6.92 Å². The maximum Gasteiger partial charge on any atom is 0.240 e. The topological polar surface area (TPSA) is 70.6 Å². The molecule has 4 aliphatic carbocycles. The molecule has 1 atom stereocenters. The third kappa shape index (κ3) is 3.22. The van der Waals surface area contributed by atoms with Gasteiger partial charge in [-0.15, -0.1) is 0 Å². The van der Waals surface area contributed by atoms with Gasteiger partial charge < -0.3 is 10.6 Å². The minimum absolute atomic E-state index is 0.0412. The molecule has 0 aromatic rings. The minimum atomic E-state index is -0.325. The van der Waals surface area contributed by atoms with Crippen molar-refractivity contribution < 1.29 is 9.59 Å². The Morgan fingerprint density at radius 3 is 2.46 bits per heavy atom. The van der Waals surface area contributed by atoms with Crippen molar-refractivity contribution in [3.05, 3.63) is 0 Å². The Bertz CT molecular complexity index is 539. The Morgan fingerprint density at radius 1 is 1.25 bits per heavy atom. The van der Waals surface area contributed by atoms with Crippen LogP contribution in [0.15, 0.2) is 4.99 Å². The average molecular weight is 350 g/mol. The molecule has 5 rings (SSSR count). The predicted octanol–water partition coefficient (Wildman–Crippen LogP) is 2.46. The lowest BCUT2D eigenvalue weighted by atomic mass is 9.53. The van der Waals surface area contributed by atoms with Crippen LogP contribution in [-0.2, 0) is 9.59 Å². The summed E-state index contributed by atoms with van der Waals surface area (Å²) in [5.41, 5.74) is 0.0731. The first kappa shape index (κ1) is 16.4. The Kier molecular flexibility index (Phi) is 4.35. The van der Waals surface area contributed by atoms with Gasteiger partial charge in [0.1, 0.15) is 5.25 Å². The van der Waals surface area contributed by atoms with Crippen LogP contribution in [0.5, 0.6) is 0 Å². The first-order chi connectivity index (χ1) is 11.5. The molecule has 2 amide bonds. The Hall–Kier alpha value is -1.04. The summed E-state index contributed by atoms with van der Waals surface area (Å²) in [6.07, 6.45) is 8.92. The second-order valence-electron chi connectivity index (χ2n) is 8.21. The van der Waals surface area contributed by atoms with E-state index in [-0.39, 0.29) is 29.0 Å². The number of hydrogen-bond acceptors (Lipinski definition) is 4. The molecule has 24 heavy (non-hydrogen) atoms. The van der Waals surface area contributed by atoms with Gasteiger partial charge in [-0.2, -0.15) is 0 Å². The molecule has 0 aromatic heterocycles. The highest BCUT2D eigenvalue weighted by atomic mass is 32.2. The second kappa shape index (κ2) is 6.36. The zero-order valence-corrected chi connectivity index (χ0v) is 15.2. The van der Waals surface area contributed by atoms with E-state index in [4.69, 9.17) is 4.99 Å². The quantitative estimate of drug-likeness (QED) is 0.801. The van der Waals surface area contributed by atoms with Crippen LogP contribution in [0.25, 0.3) is 0 Å². The van der Waals surface area contributed by atoms with Crippen molar-refractivity contribution >= 4 is 28.7 Å². The molecule has 1 aliphatic heterocycles. The molecule has 0 aromatic carbocycles. The van der Waals surface area contributed by atoms with E-state index in [2.05, 4.69) is 10.6 Å². The van der Waals surface area contributed by atoms with Crippen molar-refractivity contribution in [2.24, 2.45) is 22.7 Å². The first-order valence-corrected chi connectivity index (χ1v) is 10.3. The maximum atomic E-state index is 12.2. The van der Waals surface area contributed by atoms with Gasteiger partial charge in [0.25, 0.3) is 0 Å². The molecule has 0 radical (unpaired) electrons. The molecule has 5 fully saturated rings. The van der Waals surface area contributed by atoms with E-state index in [9.17, 15) is 9.59 Å². The zero-order valence-electron chi connectivity index (χ0n) is 14.3. The van der Waals surface area contributed by atoms with E-state index < -0.39 is 0 Å². The number of nitrogens with one attached hydrogen (secondary N) is 2. The van der Waals surface area contributed by atoms with Gasteiger partial charge in [-0.25, -0.2) is 0 Å². The number of hydrogen-bond donors (Lipinski definition) is 2. The van der Waals surface area contributed by atoms with E-state index in [0.29, 0.717) is 6.54 Å². The summed E-state index contributed by atoms with van der Waals surface area (Å²) in [6.45, 7) is 2.69. The highest BCUT2D eigenvalue weighted by Crippen LogP contribution is 2.57. The van der Waals surface area contributed by atoms with Crippen molar-refractivity contribution in [2.75, 3.05) is 6.54 Å². The zero-order chi connectivity index (χ0) is 16.7. The third-order valence-corrected chi connectivity index (χ3v) is 7.15. The van der Waals surface area contributed by atoms with E-state index in [0.717, 1.165) is 29.3 Å². The van der Waals surface area contributed by atoms with Crippen molar-refractivity contribution in [1.29, 1.82) is 0 Å². The smallest absolute Gasteiger partial charge is 0.240 e. The standard InChI is InChI=1S/C18H27N3O2S/c1-2-3-19-15(22)7-14-16(23)20-17(24-14)21-18-8-11-4-12(9-18)6-13(5-11)10-18/h11-14H,2-10H2,1H3,(H,19,22)(H,20,21,23). The fraction of sp³-hybridized carbons (Fsp3) is 0.833. The molecule has 0 spiro atoms. The second-order valence-corrected chi connectivity index (χ2v) is 9.40. The molecule has 1 heterocycles. The fourth-order valence-corrected chi connectivity index (χ4v) is 6.59. The number of amides is 2. The van der Waals surface area contributed by atoms with Crippen molar-refractivity contribution in [3.8, 4) is 0 Å². The average Bonchev–Trinajstić information content (AvgIpc) is 2.82. The number of aliphatic imine (C=N–C) groups is 1. The largest absolute Gasteiger partial charge is 0.356 e. The number of amidine groups is 1. The molecule has 5 aliphatic rings. The number of carbonyl (C=O) groups is 2. The normalized spacial score (nSPS) is 41.7. The maximum absolute atomic E-state index is 12.2. The highest BCUT2D eigenvalue weighted by molar-refractivity contribution is 8.15. The minimum Gasteiger partial charge on any atom is -0.356 e. The Morgan fingerprint density at radius 2 is 1.88 bits per heavy atom. The van der Waals surface area contributed by atoms with Crippen LogP contribution in [0.1, 0.15) is 58.3 Å². The lowest BCUT2D eigenvalue weighted by Gasteiger charge is -2.55. The molecular weight excluding hydrogens is 322 g/mol. The summed E-state index contributed by atoms with van der Waals surface area (Å²) in [5.74, 6) is 2.44. The van der Waals surface area contributed by atoms with Gasteiger partial charge in [-0.3, -0.25) is 14.6 Å². The van der Waals surface area contributed by atoms with Gasteiger partial charge in [0.15, 0.2) is 5.17 Å². The summed E-state index contributed by atoms with van der Waals surface area (Å²) in [7, 11) is 0. The lowest BCUT2D eigenvalue weighted by Crippen LogP contribution is -2.50. The molecule has 4 bridgehead atoms. The van der Waals surface area contributed by atoms with Crippen molar-refractivity contribution in [2.45, 2.75) is 69.1 Å². The van der Waals surface area contributed by atoms with Gasteiger partial charge in [-0.05, 0) is 62.7 Å². The first-order valence-electron chi connectivity index (χ1n) is 9.39. The number of nitrogens with zero attached hydrogens (tertiary/aromatic N) is 1. The molecule has 132 valence electrons. The number of rotatable bonds is 5. The van der Waals surface area contributed by atoms with Crippen LogP contribution in [0, 0.1) is 17.8 Å². The van der Waals surface area contributed by atoms with Crippen molar-refractivity contribution in [3.63, 3.8) is 0 Å². The lowest BCUT2D eigenvalue weighted by molar-refractivity contribution is -0.125. The van der Waals surface area contributed by atoms with Gasteiger partial charge in [-0.1, -0.05) is 18.7 Å². The molecule has 4 saturated carbocycles. The van der Waals surface area contributed by atoms with Gasteiger partial charge in [0, 0.05) is 13.0 Å². The summed E-state index contributed by atoms with van der Waals surface area (Å²) < 4.78 is 0. The van der Waals surface area contributed by atoms with Crippen LogP contribution < -0.4 is 10.6 Å². The molecular formula is C18H27N3O2S. The molecule has 1 unspecified atom stereocenters. The van der Waals surface area contributed by atoms with Gasteiger partial charge in [0.05, 0.1) is 5.54 Å². The van der Waals surface area contributed by atoms with Crippen LogP contribution >= 0.6 is 11.8 Å². The van der Waals surface area contributed by atoms with E-state index in [1.165, 1.54) is 50.3 Å². The van der Waals surface area contributed by atoms with Crippen LogP contribution in [0.2, 0.25) is 0 Å². The molecule has 5 nitrogen and oxygen atoms in total. The molecule has 1 saturated heterocycles.